The summed E-state index contributed by atoms with van der Waals surface area (Å²) in [7, 11) is 0. The third-order valence-corrected chi connectivity index (χ3v) is 5.31. The first-order valence-corrected chi connectivity index (χ1v) is 10.1. The van der Waals surface area contributed by atoms with Gasteiger partial charge in [0, 0.05) is 31.2 Å². The molecular formula is C21H21Cl2FN2O3. The molecule has 1 atom stereocenters. The summed E-state index contributed by atoms with van der Waals surface area (Å²) in [6.45, 7) is 3.22. The van der Waals surface area contributed by atoms with Crippen LogP contribution in [-0.4, -0.2) is 53.9 Å². The molecule has 2 aromatic carbocycles. The Hall–Kier alpha value is -2.31. The third kappa shape index (κ3) is 5.19. The van der Waals surface area contributed by atoms with Crippen molar-refractivity contribution in [2.24, 2.45) is 0 Å². The zero-order valence-electron chi connectivity index (χ0n) is 15.9. The molecule has 1 fully saturated rings. The van der Waals surface area contributed by atoms with Crippen molar-refractivity contribution in [1.29, 1.82) is 0 Å². The van der Waals surface area contributed by atoms with Crippen LogP contribution >= 0.6 is 23.2 Å². The van der Waals surface area contributed by atoms with Gasteiger partial charge in [0.05, 0.1) is 10.6 Å². The molecule has 5 nitrogen and oxygen atoms in total. The zero-order valence-corrected chi connectivity index (χ0v) is 17.4. The van der Waals surface area contributed by atoms with Crippen LogP contribution in [0.1, 0.15) is 23.7 Å². The molecule has 0 bridgehead atoms. The summed E-state index contributed by atoms with van der Waals surface area (Å²) in [5, 5.41) is 0.667. The Bertz CT molecular complexity index is 872. The Morgan fingerprint density at radius 2 is 1.66 bits per heavy atom. The molecule has 154 valence electrons. The molecule has 0 aromatic heterocycles. The van der Waals surface area contributed by atoms with Crippen LogP contribution in [0.2, 0.25) is 10.0 Å². The number of rotatable bonds is 4. The molecule has 1 aliphatic heterocycles. The quantitative estimate of drug-likeness (QED) is 0.715. The van der Waals surface area contributed by atoms with Gasteiger partial charge in [-0.3, -0.25) is 9.59 Å². The Kier molecular flexibility index (Phi) is 6.98. The summed E-state index contributed by atoms with van der Waals surface area (Å²) in [6.07, 6.45) is -0.101. The number of carbonyl (C=O) groups is 2. The second kappa shape index (κ2) is 9.46. The van der Waals surface area contributed by atoms with Gasteiger partial charge in [-0.2, -0.15) is 0 Å². The van der Waals surface area contributed by atoms with Crippen molar-refractivity contribution in [1.82, 2.24) is 9.80 Å². The van der Waals surface area contributed by atoms with E-state index in [1.807, 2.05) is 0 Å². The largest absolute Gasteiger partial charge is 0.481 e. The SMILES string of the molecule is CC(Oc1ccc(Cl)cc1)C(=O)N1CCCN(C(=O)c2c(F)cccc2Cl)CC1. The predicted octanol–water partition coefficient (Wildman–Crippen LogP) is 4.27. The smallest absolute Gasteiger partial charge is 0.263 e. The third-order valence-electron chi connectivity index (χ3n) is 4.75. The first-order chi connectivity index (χ1) is 13.9. The molecule has 0 spiro atoms. The minimum absolute atomic E-state index is 0.0807. The van der Waals surface area contributed by atoms with Crippen LogP contribution < -0.4 is 4.74 Å². The van der Waals surface area contributed by atoms with E-state index >= 15 is 0 Å². The van der Waals surface area contributed by atoms with Gasteiger partial charge >= 0.3 is 0 Å². The summed E-state index contributed by atoms with van der Waals surface area (Å²) >= 11 is 11.9. The van der Waals surface area contributed by atoms with Gasteiger partial charge in [-0.1, -0.05) is 29.3 Å². The first kappa shape index (κ1) is 21.4. The first-order valence-electron chi connectivity index (χ1n) is 9.31. The lowest BCUT2D eigenvalue weighted by atomic mass is 10.1. The fourth-order valence-corrected chi connectivity index (χ4v) is 3.60. The lowest BCUT2D eigenvalue weighted by Gasteiger charge is -2.25. The van der Waals surface area contributed by atoms with E-state index in [-0.39, 0.29) is 16.5 Å². The van der Waals surface area contributed by atoms with Gasteiger partial charge in [0.25, 0.3) is 11.8 Å². The number of ether oxygens (including phenoxy) is 1. The van der Waals surface area contributed by atoms with Crippen molar-refractivity contribution in [3.8, 4) is 5.75 Å². The topological polar surface area (TPSA) is 49.9 Å². The lowest BCUT2D eigenvalue weighted by Crippen LogP contribution is -2.43. The van der Waals surface area contributed by atoms with E-state index in [1.165, 1.54) is 23.1 Å². The highest BCUT2D eigenvalue weighted by atomic mass is 35.5. The lowest BCUT2D eigenvalue weighted by molar-refractivity contribution is -0.137. The van der Waals surface area contributed by atoms with Crippen LogP contribution in [0.25, 0.3) is 0 Å². The standard InChI is InChI=1S/C21H21Cl2FN2O3/c1-14(29-16-8-6-15(22)7-9-16)20(27)25-10-3-11-26(13-12-25)21(28)19-17(23)4-2-5-18(19)24/h2,4-9,14H,3,10-13H2,1H3. The number of benzene rings is 2. The molecule has 1 saturated heterocycles. The second-order valence-corrected chi connectivity index (χ2v) is 7.63. The van der Waals surface area contributed by atoms with E-state index in [2.05, 4.69) is 0 Å². The number of nitrogens with zero attached hydrogens (tertiary/aromatic N) is 2. The molecule has 8 heteroatoms. The number of halogens is 3. The number of hydrogen-bond donors (Lipinski definition) is 0. The number of hydrogen-bond acceptors (Lipinski definition) is 3. The molecule has 2 aromatic rings. The molecule has 0 aliphatic carbocycles. The van der Waals surface area contributed by atoms with Crippen LogP contribution in [0.15, 0.2) is 42.5 Å². The summed E-state index contributed by atoms with van der Waals surface area (Å²) in [5.41, 5.74) is -0.131. The fourth-order valence-electron chi connectivity index (χ4n) is 3.23. The van der Waals surface area contributed by atoms with Crippen molar-refractivity contribution in [3.05, 3.63) is 63.9 Å². The van der Waals surface area contributed by atoms with Crippen molar-refractivity contribution in [2.45, 2.75) is 19.4 Å². The van der Waals surface area contributed by atoms with Crippen molar-refractivity contribution < 1.29 is 18.7 Å². The maximum atomic E-state index is 14.1. The van der Waals surface area contributed by atoms with Crippen molar-refractivity contribution in [3.63, 3.8) is 0 Å². The molecule has 2 amide bonds. The predicted molar refractivity (Wildman–Crippen MR) is 110 cm³/mol. The monoisotopic (exact) mass is 438 g/mol. The highest BCUT2D eigenvalue weighted by Gasteiger charge is 2.28. The summed E-state index contributed by atoms with van der Waals surface area (Å²) in [5.74, 6) is -0.730. The summed E-state index contributed by atoms with van der Waals surface area (Å²) in [6, 6.07) is 10.9. The van der Waals surface area contributed by atoms with Crippen LogP contribution in [0.4, 0.5) is 4.39 Å². The van der Waals surface area contributed by atoms with Crippen LogP contribution in [0.5, 0.6) is 5.75 Å². The molecule has 29 heavy (non-hydrogen) atoms. The number of amides is 2. The van der Waals surface area contributed by atoms with Gasteiger partial charge in [0.2, 0.25) is 0 Å². The Labute approximate surface area is 178 Å². The minimum Gasteiger partial charge on any atom is -0.481 e. The van der Waals surface area contributed by atoms with Crippen LogP contribution in [0.3, 0.4) is 0 Å². The van der Waals surface area contributed by atoms with Gasteiger partial charge in [-0.15, -0.1) is 0 Å². The highest BCUT2D eigenvalue weighted by Crippen LogP contribution is 2.22. The van der Waals surface area contributed by atoms with E-state index < -0.39 is 17.8 Å². The highest BCUT2D eigenvalue weighted by molar-refractivity contribution is 6.33. The fraction of sp³-hybridized carbons (Fsp3) is 0.333. The Balaban J connectivity index is 1.62. The molecule has 3 rings (SSSR count). The number of carbonyl (C=O) groups excluding carboxylic acids is 2. The molecule has 1 heterocycles. The van der Waals surface area contributed by atoms with E-state index in [9.17, 15) is 14.0 Å². The second-order valence-electron chi connectivity index (χ2n) is 6.78. The molecule has 0 N–H and O–H groups in total. The molecule has 0 saturated carbocycles. The summed E-state index contributed by atoms with van der Waals surface area (Å²) in [4.78, 5) is 28.7. The van der Waals surface area contributed by atoms with E-state index in [4.69, 9.17) is 27.9 Å². The van der Waals surface area contributed by atoms with Gasteiger partial charge in [-0.25, -0.2) is 4.39 Å². The van der Waals surface area contributed by atoms with Crippen LogP contribution in [-0.2, 0) is 4.79 Å². The zero-order chi connectivity index (χ0) is 21.0. The maximum absolute atomic E-state index is 14.1. The van der Waals surface area contributed by atoms with Gasteiger partial charge in [-0.05, 0) is 49.7 Å². The van der Waals surface area contributed by atoms with Gasteiger partial charge < -0.3 is 14.5 Å². The normalized spacial score (nSPS) is 15.6. The average Bonchev–Trinajstić information content (AvgIpc) is 2.95. The van der Waals surface area contributed by atoms with Crippen molar-refractivity contribution >= 4 is 35.0 Å². The average molecular weight is 439 g/mol. The maximum Gasteiger partial charge on any atom is 0.263 e. The van der Waals surface area contributed by atoms with Crippen molar-refractivity contribution in [2.75, 3.05) is 26.2 Å². The summed E-state index contributed by atoms with van der Waals surface area (Å²) < 4.78 is 19.8. The van der Waals surface area contributed by atoms with Gasteiger partial charge in [0.1, 0.15) is 11.6 Å². The molecular weight excluding hydrogens is 418 g/mol. The Morgan fingerprint density at radius 1 is 1.00 bits per heavy atom. The van der Waals surface area contributed by atoms with E-state index in [0.717, 1.165) is 0 Å². The minimum atomic E-state index is -0.681. The van der Waals surface area contributed by atoms with Gasteiger partial charge in [0.15, 0.2) is 6.10 Å². The molecule has 0 radical (unpaired) electrons. The van der Waals surface area contributed by atoms with Crippen LogP contribution in [0, 0.1) is 5.82 Å². The van der Waals surface area contributed by atoms with E-state index in [0.29, 0.717) is 43.4 Å². The van der Waals surface area contributed by atoms with E-state index in [1.54, 1.807) is 36.1 Å². The molecule has 1 aliphatic rings. The Morgan fingerprint density at radius 3 is 2.34 bits per heavy atom. The molecule has 1 unspecified atom stereocenters.